The first kappa shape index (κ1) is 37.4. The van der Waals surface area contributed by atoms with Crippen LogP contribution in [0.2, 0.25) is 0 Å². The van der Waals surface area contributed by atoms with Crippen LogP contribution >= 0.6 is 0 Å². The van der Waals surface area contributed by atoms with E-state index in [0.717, 1.165) is 0 Å². The molecule has 0 heterocycles. The molecule has 1 rings (SSSR count). The predicted octanol–water partition coefficient (Wildman–Crippen LogP) is 2.98. The quantitative estimate of drug-likeness (QED) is 0.0201. The highest BCUT2D eigenvalue weighted by Crippen LogP contribution is 2.26. The first-order valence-electron chi connectivity index (χ1n) is 13.1. The summed E-state index contributed by atoms with van der Waals surface area (Å²) in [4.78, 5) is 14.2. The second-order valence-electron chi connectivity index (χ2n) is 7.87. The van der Waals surface area contributed by atoms with Crippen LogP contribution in [0.1, 0.15) is 6.42 Å². The van der Waals surface area contributed by atoms with Gasteiger partial charge in [-0.15, -0.1) is 0 Å². The number of benzene rings is 1. The number of azide groups is 1. The fraction of sp³-hybridized carbons (Fsp3) is 0.720. The number of esters is 1. The lowest BCUT2D eigenvalue weighted by molar-refractivity contribution is -0.136. The van der Waals surface area contributed by atoms with E-state index < -0.39 is 41.4 Å². The number of ether oxygens (including phenoxy) is 9. The molecular formula is C25H37F4N3O10. The average Bonchev–Trinajstić information content (AvgIpc) is 2.98. The number of hydrogen-bond acceptors (Lipinski definition) is 11. The molecule has 17 heteroatoms. The van der Waals surface area contributed by atoms with Crippen LogP contribution in [0, 0.1) is 23.3 Å². The highest BCUT2D eigenvalue weighted by Gasteiger charge is 2.22. The smallest absolute Gasteiger partial charge is 0.313 e. The molecule has 0 aliphatic rings. The van der Waals surface area contributed by atoms with E-state index in [1.165, 1.54) is 0 Å². The minimum Gasteiger partial charge on any atom is -0.420 e. The van der Waals surface area contributed by atoms with Crippen LogP contribution in [0.25, 0.3) is 10.4 Å². The highest BCUT2D eigenvalue weighted by molar-refractivity contribution is 5.72. The third kappa shape index (κ3) is 19.5. The average molecular weight is 616 g/mol. The molecule has 1 aromatic rings. The number of carbonyl (C=O) groups excluding carboxylic acids is 1. The van der Waals surface area contributed by atoms with Gasteiger partial charge in [0.15, 0.2) is 11.6 Å². The Hall–Kier alpha value is -2.60. The summed E-state index contributed by atoms with van der Waals surface area (Å²) in [6.07, 6.45) is -0.393. The van der Waals surface area contributed by atoms with Crippen molar-refractivity contribution in [2.24, 2.45) is 5.11 Å². The molecule has 42 heavy (non-hydrogen) atoms. The Kier molecular flexibility index (Phi) is 23.2. The number of halogens is 4. The van der Waals surface area contributed by atoms with Crippen molar-refractivity contribution in [2.75, 3.05) is 112 Å². The van der Waals surface area contributed by atoms with Gasteiger partial charge in [-0.1, -0.05) is 5.11 Å². The Balaban J connectivity index is 1.78. The molecule has 0 N–H and O–H groups in total. The highest BCUT2D eigenvalue weighted by atomic mass is 19.2. The zero-order valence-corrected chi connectivity index (χ0v) is 23.2. The Morgan fingerprint density at radius 2 is 0.929 bits per heavy atom. The van der Waals surface area contributed by atoms with Crippen molar-refractivity contribution in [3.8, 4) is 5.75 Å². The number of nitrogens with zero attached hydrogens (tertiary/aromatic N) is 3. The molecule has 0 amide bonds. The Morgan fingerprint density at radius 3 is 1.29 bits per heavy atom. The third-order valence-electron chi connectivity index (χ3n) is 4.74. The lowest BCUT2D eigenvalue weighted by Gasteiger charge is -2.09. The maximum Gasteiger partial charge on any atom is 0.313 e. The SMILES string of the molecule is [N-]=[N+]=NCCOCCOCCOCCOCCOCCOCCOCCOCCC(=O)Oc1c(F)c(F)cc(F)c1F. The molecule has 13 nitrogen and oxygen atoms in total. The van der Waals surface area contributed by atoms with Crippen LogP contribution in [0.4, 0.5) is 17.6 Å². The van der Waals surface area contributed by atoms with E-state index in [0.29, 0.717) is 92.4 Å². The zero-order chi connectivity index (χ0) is 30.7. The van der Waals surface area contributed by atoms with Crippen LogP contribution in [0.15, 0.2) is 11.2 Å². The fourth-order valence-electron chi connectivity index (χ4n) is 2.75. The molecular weight excluding hydrogens is 578 g/mol. The van der Waals surface area contributed by atoms with Crippen LogP contribution in [-0.4, -0.2) is 118 Å². The summed E-state index contributed by atoms with van der Waals surface area (Å²) in [5.41, 5.74) is 8.11. The fourth-order valence-corrected chi connectivity index (χ4v) is 2.75. The van der Waals surface area contributed by atoms with Crippen LogP contribution < -0.4 is 4.74 Å². The van der Waals surface area contributed by atoms with Crippen molar-refractivity contribution in [3.05, 3.63) is 39.8 Å². The molecule has 0 atom stereocenters. The summed E-state index contributed by atoms with van der Waals surface area (Å²) in [6, 6.07) is 0.0152. The van der Waals surface area contributed by atoms with E-state index in [-0.39, 0.29) is 25.9 Å². The molecule has 0 bridgehead atoms. The van der Waals surface area contributed by atoms with Crippen molar-refractivity contribution < 1.29 is 65.0 Å². The van der Waals surface area contributed by atoms with Crippen LogP contribution in [0.5, 0.6) is 5.75 Å². The molecule has 0 aliphatic heterocycles. The first-order valence-corrected chi connectivity index (χ1v) is 13.1. The normalized spacial score (nSPS) is 11.0. The van der Waals surface area contributed by atoms with Crippen molar-refractivity contribution in [3.63, 3.8) is 0 Å². The zero-order valence-electron chi connectivity index (χ0n) is 23.2. The topological polar surface area (TPSA) is 149 Å². The second kappa shape index (κ2) is 26.1. The maximum atomic E-state index is 13.5. The van der Waals surface area contributed by atoms with Gasteiger partial charge in [-0.3, -0.25) is 4.79 Å². The molecule has 0 aliphatic carbocycles. The predicted molar refractivity (Wildman–Crippen MR) is 137 cm³/mol. The molecule has 0 saturated carbocycles. The monoisotopic (exact) mass is 615 g/mol. The molecule has 0 spiro atoms. The summed E-state index contributed by atoms with van der Waals surface area (Å²) in [6.45, 7) is 5.71. The minimum absolute atomic E-state index is 0.0152. The molecule has 240 valence electrons. The molecule has 0 saturated heterocycles. The van der Waals surface area contributed by atoms with Crippen molar-refractivity contribution >= 4 is 5.97 Å². The van der Waals surface area contributed by atoms with E-state index >= 15 is 0 Å². The molecule has 0 aromatic heterocycles. The Morgan fingerprint density at radius 1 is 0.595 bits per heavy atom. The summed E-state index contributed by atoms with van der Waals surface area (Å²) in [5.74, 6) is -9.49. The summed E-state index contributed by atoms with van der Waals surface area (Å²) in [5, 5.41) is 3.35. The minimum atomic E-state index is -1.79. The van der Waals surface area contributed by atoms with Gasteiger partial charge in [-0.05, 0) is 5.53 Å². The lowest BCUT2D eigenvalue weighted by atomic mass is 10.3. The van der Waals surface area contributed by atoms with Gasteiger partial charge in [0.25, 0.3) is 0 Å². The number of rotatable bonds is 28. The van der Waals surface area contributed by atoms with Gasteiger partial charge in [0.1, 0.15) is 0 Å². The first-order chi connectivity index (χ1) is 20.5. The van der Waals surface area contributed by atoms with Crippen LogP contribution in [-0.2, 0) is 42.7 Å². The van der Waals surface area contributed by atoms with Crippen molar-refractivity contribution in [1.82, 2.24) is 0 Å². The molecule has 0 radical (unpaired) electrons. The van der Waals surface area contributed by atoms with Crippen LogP contribution in [0.3, 0.4) is 0 Å². The Bertz CT molecular complexity index is 887. The van der Waals surface area contributed by atoms with Gasteiger partial charge in [0.2, 0.25) is 17.4 Å². The largest absolute Gasteiger partial charge is 0.420 e. The van der Waals surface area contributed by atoms with Gasteiger partial charge < -0.3 is 42.6 Å². The van der Waals surface area contributed by atoms with Gasteiger partial charge in [-0.2, -0.15) is 8.78 Å². The van der Waals surface area contributed by atoms with E-state index in [9.17, 15) is 22.4 Å². The van der Waals surface area contributed by atoms with Gasteiger partial charge >= 0.3 is 5.97 Å². The standard InChI is InChI=1S/C25H37F4N3O10/c26-20-19-21(27)24(29)25(23(20)28)42-22(33)1-3-34-5-7-36-9-11-38-13-15-40-17-18-41-16-14-39-12-10-37-8-6-35-4-2-31-32-30/h19H,1-18H2. The summed E-state index contributed by atoms with van der Waals surface area (Å²) >= 11 is 0. The van der Waals surface area contributed by atoms with E-state index in [1.807, 2.05) is 0 Å². The van der Waals surface area contributed by atoms with Crippen molar-refractivity contribution in [1.29, 1.82) is 0 Å². The van der Waals surface area contributed by atoms with E-state index in [1.54, 1.807) is 0 Å². The molecule has 0 unspecified atom stereocenters. The molecule has 1 aromatic carbocycles. The summed E-state index contributed by atoms with van der Waals surface area (Å²) < 4.78 is 100.0. The van der Waals surface area contributed by atoms with Gasteiger partial charge in [-0.25, -0.2) is 8.78 Å². The summed E-state index contributed by atoms with van der Waals surface area (Å²) in [7, 11) is 0. The van der Waals surface area contributed by atoms with E-state index in [2.05, 4.69) is 14.8 Å². The lowest BCUT2D eigenvalue weighted by Crippen LogP contribution is -2.16. The van der Waals surface area contributed by atoms with Gasteiger partial charge in [0, 0.05) is 17.5 Å². The second-order valence-corrected chi connectivity index (χ2v) is 7.87. The van der Waals surface area contributed by atoms with Crippen molar-refractivity contribution in [2.45, 2.75) is 6.42 Å². The maximum absolute atomic E-state index is 13.5. The van der Waals surface area contributed by atoms with Gasteiger partial charge in [0.05, 0.1) is 112 Å². The molecule has 0 fully saturated rings. The number of carbonyl (C=O) groups is 1. The number of hydrogen-bond donors (Lipinski definition) is 0. The van der Waals surface area contributed by atoms with E-state index in [4.69, 9.17) is 43.4 Å². The third-order valence-corrected chi connectivity index (χ3v) is 4.74. The Labute approximate surface area is 240 Å².